The predicted molar refractivity (Wildman–Crippen MR) is 75.0 cm³/mol. The molecular formula is C13H20N4S. The fourth-order valence-electron chi connectivity index (χ4n) is 2.71. The van der Waals surface area contributed by atoms with Crippen molar-refractivity contribution in [1.29, 1.82) is 0 Å². The summed E-state index contributed by atoms with van der Waals surface area (Å²) in [6.45, 7) is 4.48. The molecule has 0 spiro atoms. The molecule has 1 unspecified atom stereocenters. The Kier molecular flexibility index (Phi) is 3.63. The standard InChI is InChI=1S/C13H20N4S/c1-16-4-2-3-11(9-16)7-14-8-12-10-17-5-6-18-13(17)15-12/h5-6,10-11,14H,2-4,7-9H2,1H3. The second-order valence-electron chi connectivity index (χ2n) is 5.23. The molecule has 0 aliphatic carbocycles. The van der Waals surface area contributed by atoms with Gasteiger partial charge in [0.15, 0.2) is 4.96 Å². The molecule has 1 atom stereocenters. The molecule has 0 saturated carbocycles. The van der Waals surface area contributed by atoms with Gasteiger partial charge in [-0.2, -0.15) is 0 Å². The summed E-state index contributed by atoms with van der Waals surface area (Å²) in [5, 5.41) is 5.61. The number of aromatic nitrogens is 2. The van der Waals surface area contributed by atoms with Crippen molar-refractivity contribution in [2.75, 3.05) is 26.7 Å². The number of nitrogens with zero attached hydrogens (tertiary/aromatic N) is 3. The number of fused-ring (bicyclic) bond motifs is 1. The number of nitrogens with one attached hydrogen (secondary N) is 1. The minimum absolute atomic E-state index is 0.799. The predicted octanol–water partition coefficient (Wildman–Crippen LogP) is 1.83. The SMILES string of the molecule is CN1CCCC(CNCc2cn3ccsc3n2)C1. The molecule has 0 amide bonds. The lowest BCUT2D eigenvalue weighted by Crippen LogP contribution is -2.37. The quantitative estimate of drug-likeness (QED) is 0.914. The van der Waals surface area contributed by atoms with Crippen molar-refractivity contribution in [3.63, 3.8) is 0 Å². The number of imidazole rings is 1. The Morgan fingerprint density at radius 1 is 1.56 bits per heavy atom. The maximum atomic E-state index is 4.58. The maximum Gasteiger partial charge on any atom is 0.193 e. The van der Waals surface area contributed by atoms with Crippen LogP contribution in [0, 0.1) is 5.92 Å². The zero-order valence-electron chi connectivity index (χ0n) is 10.8. The monoisotopic (exact) mass is 264 g/mol. The van der Waals surface area contributed by atoms with Gasteiger partial charge in [0.25, 0.3) is 0 Å². The van der Waals surface area contributed by atoms with Crippen LogP contribution < -0.4 is 5.32 Å². The number of hydrogen-bond acceptors (Lipinski definition) is 4. The molecule has 3 heterocycles. The fourth-order valence-corrected chi connectivity index (χ4v) is 3.42. The lowest BCUT2D eigenvalue weighted by molar-refractivity contribution is 0.206. The average Bonchev–Trinajstić information content (AvgIpc) is 2.89. The summed E-state index contributed by atoms with van der Waals surface area (Å²) in [4.78, 5) is 8.10. The molecule has 4 nitrogen and oxygen atoms in total. The van der Waals surface area contributed by atoms with E-state index < -0.39 is 0 Å². The van der Waals surface area contributed by atoms with Crippen molar-refractivity contribution >= 4 is 16.3 Å². The van der Waals surface area contributed by atoms with Gasteiger partial charge < -0.3 is 10.2 Å². The van der Waals surface area contributed by atoms with E-state index in [0.717, 1.165) is 29.7 Å². The lowest BCUT2D eigenvalue weighted by atomic mass is 9.98. The fraction of sp³-hybridized carbons (Fsp3) is 0.615. The van der Waals surface area contributed by atoms with Crippen molar-refractivity contribution in [1.82, 2.24) is 19.6 Å². The summed E-state index contributed by atoms with van der Waals surface area (Å²) in [5.41, 5.74) is 1.14. The first-order valence-electron chi connectivity index (χ1n) is 6.61. The molecule has 0 radical (unpaired) electrons. The molecule has 18 heavy (non-hydrogen) atoms. The van der Waals surface area contributed by atoms with Crippen LogP contribution in [0.3, 0.4) is 0 Å². The van der Waals surface area contributed by atoms with Crippen LogP contribution in [0.25, 0.3) is 4.96 Å². The van der Waals surface area contributed by atoms with E-state index in [1.165, 1.54) is 25.9 Å². The van der Waals surface area contributed by atoms with Crippen molar-refractivity contribution in [3.05, 3.63) is 23.5 Å². The average molecular weight is 264 g/mol. The summed E-state index contributed by atoms with van der Waals surface area (Å²) in [7, 11) is 2.22. The van der Waals surface area contributed by atoms with Crippen molar-refractivity contribution < 1.29 is 0 Å². The molecule has 5 heteroatoms. The van der Waals surface area contributed by atoms with Crippen molar-refractivity contribution in [3.8, 4) is 0 Å². The molecule has 1 aliphatic heterocycles. The van der Waals surface area contributed by atoms with E-state index in [1.54, 1.807) is 11.3 Å². The van der Waals surface area contributed by atoms with Gasteiger partial charge in [-0.15, -0.1) is 11.3 Å². The Morgan fingerprint density at radius 3 is 3.33 bits per heavy atom. The molecule has 2 aromatic heterocycles. The third-order valence-electron chi connectivity index (χ3n) is 3.60. The van der Waals surface area contributed by atoms with E-state index in [0.29, 0.717) is 0 Å². The maximum absolute atomic E-state index is 4.58. The molecule has 1 saturated heterocycles. The van der Waals surface area contributed by atoms with Crippen molar-refractivity contribution in [2.24, 2.45) is 5.92 Å². The van der Waals surface area contributed by atoms with Gasteiger partial charge in [0.1, 0.15) is 0 Å². The highest BCUT2D eigenvalue weighted by Gasteiger charge is 2.16. The van der Waals surface area contributed by atoms with Crippen LogP contribution in [0.5, 0.6) is 0 Å². The van der Waals surface area contributed by atoms with E-state index in [9.17, 15) is 0 Å². The Morgan fingerprint density at radius 2 is 2.50 bits per heavy atom. The van der Waals surface area contributed by atoms with Gasteiger partial charge in [0, 0.05) is 30.9 Å². The molecule has 98 valence electrons. The smallest absolute Gasteiger partial charge is 0.193 e. The summed E-state index contributed by atoms with van der Waals surface area (Å²) in [6.07, 6.45) is 6.87. The van der Waals surface area contributed by atoms with E-state index in [2.05, 4.69) is 44.4 Å². The number of piperidine rings is 1. The van der Waals surface area contributed by atoms with E-state index in [1.807, 2.05) is 0 Å². The number of hydrogen-bond donors (Lipinski definition) is 1. The van der Waals surface area contributed by atoms with Crippen LogP contribution in [0.2, 0.25) is 0 Å². The second kappa shape index (κ2) is 5.38. The van der Waals surface area contributed by atoms with Crippen LogP contribution >= 0.6 is 11.3 Å². The van der Waals surface area contributed by atoms with Crippen LogP contribution in [0.15, 0.2) is 17.8 Å². The molecule has 1 aliphatic rings. The number of likely N-dealkylation sites (tertiary alicyclic amines) is 1. The second-order valence-corrected chi connectivity index (χ2v) is 6.10. The first kappa shape index (κ1) is 12.1. The topological polar surface area (TPSA) is 32.6 Å². The van der Waals surface area contributed by atoms with Gasteiger partial charge in [-0.05, 0) is 38.9 Å². The van der Waals surface area contributed by atoms with Gasteiger partial charge in [0.2, 0.25) is 0 Å². The molecule has 1 fully saturated rings. The van der Waals surface area contributed by atoms with Gasteiger partial charge >= 0.3 is 0 Å². The highest BCUT2D eigenvalue weighted by atomic mass is 32.1. The number of rotatable bonds is 4. The molecule has 2 aromatic rings. The molecule has 0 aromatic carbocycles. The molecule has 3 rings (SSSR count). The van der Waals surface area contributed by atoms with Gasteiger partial charge in [-0.3, -0.25) is 4.40 Å². The van der Waals surface area contributed by atoms with Crippen LogP contribution in [0.4, 0.5) is 0 Å². The zero-order valence-corrected chi connectivity index (χ0v) is 11.6. The van der Waals surface area contributed by atoms with Crippen LogP contribution in [-0.4, -0.2) is 41.0 Å². The highest BCUT2D eigenvalue weighted by molar-refractivity contribution is 7.15. The summed E-state index contributed by atoms with van der Waals surface area (Å²) in [6, 6.07) is 0. The zero-order chi connectivity index (χ0) is 12.4. The Labute approximate surface area is 112 Å². The third-order valence-corrected chi connectivity index (χ3v) is 4.38. The summed E-state index contributed by atoms with van der Waals surface area (Å²) < 4.78 is 2.09. The first-order valence-corrected chi connectivity index (χ1v) is 7.49. The molecule has 0 bridgehead atoms. The Bertz CT molecular complexity index is 475. The minimum atomic E-state index is 0.799. The number of thiazole rings is 1. The summed E-state index contributed by atoms with van der Waals surface area (Å²) in [5.74, 6) is 0.799. The molecular weight excluding hydrogens is 244 g/mol. The lowest BCUT2D eigenvalue weighted by Gasteiger charge is -2.29. The molecule has 1 N–H and O–H groups in total. The van der Waals surface area contributed by atoms with E-state index >= 15 is 0 Å². The van der Waals surface area contributed by atoms with Gasteiger partial charge in [-0.1, -0.05) is 0 Å². The van der Waals surface area contributed by atoms with E-state index in [-0.39, 0.29) is 0 Å². The van der Waals surface area contributed by atoms with Crippen molar-refractivity contribution in [2.45, 2.75) is 19.4 Å². The third kappa shape index (κ3) is 2.74. The largest absolute Gasteiger partial charge is 0.311 e. The van der Waals surface area contributed by atoms with Crippen LogP contribution in [0.1, 0.15) is 18.5 Å². The normalized spacial score (nSPS) is 21.7. The minimum Gasteiger partial charge on any atom is -0.311 e. The van der Waals surface area contributed by atoms with Crippen LogP contribution in [-0.2, 0) is 6.54 Å². The first-order chi connectivity index (χ1) is 8.81. The van der Waals surface area contributed by atoms with Gasteiger partial charge in [-0.25, -0.2) is 4.98 Å². The Balaban J connectivity index is 1.48. The van der Waals surface area contributed by atoms with E-state index in [4.69, 9.17) is 0 Å². The summed E-state index contributed by atoms with van der Waals surface area (Å²) >= 11 is 1.69. The Hall–Kier alpha value is -0.910. The van der Waals surface area contributed by atoms with Gasteiger partial charge in [0.05, 0.1) is 5.69 Å². The highest BCUT2D eigenvalue weighted by Crippen LogP contribution is 2.14.